The maximum absolute atomic E-state index is 13.1. The Morgan fingerprint density at radius 3 is 2.78 bits per heavy atom. The molecule has 0 aliphatic carbocycles. The molecule has 5 heteroatoms. The molecule has 0 aliphatic heterocycles. The Morgan fingerprint density at radius 2 is 2.06 bits per heavy atom. The first-order chi connectivity index (χ1) is 8.65. The first-order valence-electron chi connectivity index (χ1n) is 5.25. The Hall–Kier alpha value is -0.940. The van der Waals surface area contributed by atoms with E-state index in [2.05, 4.69) is 0 Å². The molecule has 3 aromatic rings. The van der Waals surface area contributed by atoms with Crippen LogP contribution in [0.5, 0.6) is 0 Å². The number of rotatable bonds is 2. The molecule has 0 aliphatic rings. The molecule has 3 rings (SSSR count). The van der Waals surface area contributed by atoms with Gasteiger partial charge in [-0.05, 0) is 35.0 Å². The van der Waals surface area contributed by atoms with Gasteiger partial charge in [-0.25, -0.2) is 4.39 Å². The van der Waals surface area contributed by atoms with Gasteiger partial charge in [-0.3, -0.25) is 0 Å². The van der Waals surface area contributed by atoms with E-state index in [1.807, 2.05) is 11.4 Å². The van der Waals surface area contributed by atoms with E-state index in [-0.39, 0.29) is 5.82 Å². The van der Waals surface area contributed by atoms with E-state index in [0.717, 1.165) is 19.8 Å². The maximum Gasteiger partial charge on any atom is 0.124 e. The predicted octanol–water partition coefficient (Wildman–Crippen LogP) is 4.84. The van der Waals surface area contributed by atoms with Gasteiger partial charge in [-0.15, -0.1) is 22.7 Å². The molecule has 0 saturated heterocycles. The molecule has 0 bridgehead atoms. The lowest BCUT2D eigenvalue weighted by Gasteiger charge is -2.05. The molecule has 1 unspecified atom stereocenters. The lowest BCUT2D eigenvalue weighted by atomic mass is 10.2. The predicted molar refractivity (Wildman–Crippen MR) is 75.2 cm³/mol. The number of hydrogen-bond acceptors (Lipinski definition) is 3. The average Bonchev–Trinajstić information content (AvgIpc) is 2.93. The van der Waals surface area contributed by atoms with Crippen molar-refractivity contribution in [2.45, 2.75) is 6.10 Å². The fourth-order valence-corrected chi connectivity index (χ4v) is 4.11. The van der Waals surface area contributed by atoms with Crippen molar-refractivity contribution in [2.75, 3.05) is 0 Å². The fraction of sp³-hybridized carbons (Fsp3) is 0.0769. The maximum atomic E-state index is 13.1. The van der Waals surface area contributed by atoms with Crippen LogP contribution in [-0.2, 0) is 0 Å². The molecule has 1 atom stereocenters. The number of aliphatic hydroxyl groups excluding tert-OH is 1. The van der Waals surface area contributed by atoms with Crippen molar-refractivity contribution in [2.24, 2.45) is 0 Å². The normalized spacial score (nSPS) is 13.1. The molecule has 0 fully saturated rings. The Kier molecular flexibility index (Phi) is 3.11. The third-order valence-electron chi connectivity index (χ3n) is 2.66. The van der Waals surface area contributed by atoms with Gasteiger partial charge in [0.05, 0.1) is 9.90 Å². The molecular formula is C13H8ClFOS2. The number of hydrogen-bond donors (Lipinski definition) is 1. The minimum atomic E-state index is -0.738. The van der Waals surface area contributed by atoms with Crippen molar-refractivity contribution >= 4 is 44.4 Å². The molecule has 0 saturated carbocycles. The minimum Gasteiger partial charge on any atom is -0.382 e. The highest BCUT2D eigenvalue weighted by Gasteiger charge is 2.17. The summed E-state index contributed by atoms with van der Waals surface area (Å²) in [6.45, 7) is 0. The molecule has 2 aromatic heterocycles. The largest absolute Gasteiger partial charge is 0.382 e. The van der Waals surface area contributed by atoms with Crippen LogP contribution in [0.1, 0.15) is 15.9 Å². The van der Waals surface area contributed by atoms with Gasteiger partial charge in [-0.2, -0.15) is 0 Å². The number of fused-ring (bicyclic) bond motifs is 1. The van der Waals surface area contributed by atoms with Crippen LogP contribution >= 0.6 is 34.3 Å². The second-order valence-corrected chi connectivity index (χ2v) is 6.34. The van der Waals surface area contributed by atoms with Crippen LogP contribution in [0.15, 0.2) is 35.7 Å². The highest BCUT2D eigenvalue weighted by Crippen LogP contribution is 2.38. The smallest absolute Gasteiger partial charge is 0.124 e. The van der Waals surface area contributed by atoms with Crippen LogP contribution in [0, 0.1) is 5.82 Å². The zero-order chi connectivity index (χ0) is 12.7. The SMILES string of the molecule is OC(c1cc2ccc(F)cc2s1)c1sccc1Cl. The van der Waals surface area contributed by atoms with E-state index in [1.54, 1.807) is 12.1 Å². The van der Waals surface area contributed by atoms with Crippen LogP contribution < -0.4 is 0 Å². The average molecular weight is 299 g/mol. The molecule has 0 amide bonds. The standard InChI is InChI=1S/C13H8ClFOS2/c14-9-3-4-17-13(9)12(16)11-5-7-1-2-8(15)6-10(7)18-11/h1-6,12,16H. The third-order valence-corrected chi connectivity index (χ3v) is 5.22. The van der Waals surface area contributed by atoms with Crippen molar-refractivity contribution in [3.8, 4) is 0 Å². The molecule has 92 valence electrons. The van der Waals surface area contributed by atoms with Gasteiger partial charge in [0.25, 0.3) is 0 Å². The highest BCUT2D eigenvalue weighted by atomic mass is 35.5. The van der Waals surface area contributed by atoms with Crippen LogP contribution in [-0.4, -0.2) is 5.11 Å². The van der Waals surface area contributed by atoms with Gasteiger partial charge in [0.2, 0.25) is 0 Å². The van der Waals surface area contributed by atoms with Gasteiger partial charge in [0, 0.05) is 9.58 Å². The summed E-state index contributed by atoms with van der Waals surface area (Å²) in [5.74, 6) is -0.264. The topological polar surface area (TPSA) is 20.2 Å². The number of halogens is 2. The lowest BCUT2D eigenvalue weighted by molar-refractivity contribution is 0.228. The quantitative estimate of drug-likeness (QED) is 0.718. The Bertz CT molecular complexity index is 704. The van der Waals surface area contributed by atoms with Gasteiger partial charge in [0.1, 0.15) is 11.9 Å². The molecule has 1 aromatic carbocycles. The van der Waals surface area contributed by atoms with E-state index in [4.69, 9.17) is 11.6 Å². The summed E-state index contributed by atoms with van der Waals surface area (Å²) in [4.78, 5) is 1.50. The summed E-state index contributed by atoms with van der Waals surface area (Å²) >= 11 is 8.80. The van der Waals surface area contributed by atoms with Gasteiger partial charge in [0.15, 0.2) is 0 Å². The minimum absolute atomic E-state index is 0.264. The van der Waals surface area contributed by atoms with Crippen molar-refractivity contribution in [3.05, 3.63) is 56.3 Å². The summed E-state index contributed by atoms with van der Waals surface area (Å²) in [5, 5.41) is 13.6. The zero-order valence-electron chi connectivity index (χ0n) is 9.06. The monoisotopic (exact) mass is 298 g/mol. The lowest BCUT2D eigenvalue weighted by Crippen LogP contribution is -1.93. The number of benzene rings is 1. The van der Waals surface area contributed by atoms with E-state index < -0.39 is 6.10 Å². The van der Waals surface area contributed by atoms with Gasteiger partial charge in [-0.1, -0.05) is 17.7 Å². The van der Waals surface area contributed by atoms with Gasteiger partial charge < -0.3 is 5.11 Å². The van der Waals surface area contributed by atoms with Crippen molar-refractivity contribution in [3.63, 3.8) is 0 Å². The summed E-state index contributed by atoms with van der Waals surface area (Å²) < 4.78 is 13.9. The molecule has 2 heterocycles. The highest BCUT2D eigenvalue weighted by molar-refractivity contribution is 7.19. The zero-order valence-corrected chi connectivity index (χ0v) is 11.5. The van der Waals surface area contributed by atoms with Crippen LogP contribution in [0.3, 0.4) is 0 Å². The van der Waals surface area contributed by atoms with Crippen molar-refractivity contribution in [1.29, 1.82) is 0 Å². The number of aliphatic hydroxyl groups is 1. The fourth-order valence-electron chi connectivity index (χ4n) is 1.79. The molecular weight excluding hydrogens is 291 g/mol. The summed E-state index contributed by atoms with van der Waals surface area (Å²) in [6, 6.07) is 8.25. The molecule has 18 heavy (non-hydrogen) atoms. The summed E-state index contributed by atoms with van der Waals surface area (Å²) in [5.41, 5.74) is 0. The molecule has 1 N–H and O–H groups in total. The second kappa shape index (κ2) is 4.63. The van der Waals surface area contributed by atoms with E-state index >= 15 is 0 Å². The van der Waals surface area contributed by atoms with Crippen LogP contribution in [0.25, 0.3) is 10.1 Å². The van der Waals surface area contributed by atoms with E-state index in [1.165, 1.54) is 34.8 Å². The Labute approximate surface area is 116 Å². The van der Waals surface area contributed by atoms with Gasteiger partial charge >= 0.3 is 0 Å². The molecule has 0 spiro atoms. The van der Waals surface area contributed by atoms with Crippen LogP contribution in [0.2, 0.25) is 5.02 Å². The third kappa shape index (κ3) is 2.06. The first-order valence-corrected chi connectivity index (χ1v) is 7.32. The summed E-state index contributed by atoms with van der Waals surface area (Å²) in [6.07, 6.45) is -0.738. The Balaban J connectivity index is 2.07. The first kappa shape index (κ1) is 12.1. The van der Waals surface area contributed by atoms with E-state index in [9.17, 15) is 9.50 Å². The second-order valence-electron chi connectivity index (χ2n) is 3.87. The van der Waals surface area contributed by atoms with Crippen LogP contribution in [0.4, 0.5) is 4.39 Å². The van der Waals surface area contributed by atoms with E-state index in [0.29, 0.717) is 5.02 Å². The summed E-state index contributed by atoms with van der Waals surface area (Å²) in [7, 11) is 0. The molecule has 1 nitrogen and oxygen atoms in total. The van der Waals surface area contributed by atoms with Crippen molar-refractivity contribution < 1.29 is 9.50 Å². The van der Waals surface area contributed by atoms with Crippen molar-refractivity contribution in [1.82, 2.24) is 0 Å². The molecule has 0 radical (unpaired) electrons. The number of thiophene rings is 2. The Morgan fingerprint density at radius 1 is 1.22 bits per heavy atom.